The molecule has 4 N–H and O–H groups in total. The maximum Gasteiger partial charge on any atom is 0.254 e. The first-order valence-corrected chi connectivity index (χ1v) is 13.3. The van der Waals surface area contributed by atoms with Crippen LogP contribution in [0.3, 0.4) is 0 Å². The summed E-state index contributed by atoms with van der Waals surface area (Å²) in [5.74, 6) is 1.32. The molecule has 4 atom stereocenters. The van der Waals surface area contributed by atoms with Gasteiger partial charge < -0.3 is 34.8 Å². The molecule has 0 aromatic heterocycles. The number of hydrogen-bond acceptors (Lipinski definition) is 8. The van der Waals surface area contributed by atoms with Gasteiger partial charge in [0.15, 0.2) is 29.1 Å². The molecule has 2 aromatic rings. The highest BCUT2D eigenvalue weighted by Crippen LogP contribution is 2.63. The summed E-state index contributed by atoms with van der Waals surface area (Å²) in [5.41, 5.74) is 0.0632. The lowest BCUT2D eigenvalue weighted by atomic mass is 9.53. The van der Waals surface area contributed by atoms with Crippen LogP contribution in [0.4, 0.5) is 5.69 Å². The van der Waals surface area contributed by atoms with Gasteiger partial charge >= 0.3 is 0 Å². The number of nitrogens with one attached hydrogen (secondary N) is 1. The lowest BCUT2D eigenvalue weighted by Crippen LogP contribution is -2.73. The predicted octanol–water partition coefficient (Wildman–Crippen LogP) is 3.38. The minimum Gasteiger partial charge on any atom is -0.508 e. The van der Waals surface area contributed by atoms with Crippen molar-refractivity contribution in [1.82, 2.24) is 4.90 Å². The largest absolute Gasteiger partial charge is 0.508 e. The number of aliphatic hydroxyl groups excluding tert-OH is 1. The van der Waals surface area contributed by atoms with Crippen molar-refractivity contribution in [2.75, 3.05) is 25.2 Å². The number of anilines is 1. The zero-order chi connectivity index (χ0) is 26.4. The Morgan fingerprint density at radius 1 is 1.18 bits per heavy atom. The topological polar surface area (TPSA) is 121 Å². The standard InChI is InChI=1S/C29H32N2O7/c1-15(27(34)30-18-6-8-20-21(12-18)37-14-36-20)24(33)26-29-9-10-31(13-16-3-4-16)22(28(29,2)35)11-17-5-7-19(32)25(38-26)23(17)29/h5-8,12,16,22,26,32-33,35H,3-4,9-11,13-14H2,1-2H3,(H,30,34)/b24-15-/t22-,26+,28-,29+/m1/s1. The van der Waals surface area contributed by atoms with Crippen LogP contribution in [0.15, 0.2) is 41.7 Å². The van der Waals surface area contributed by atoms with Crippen LogP contribution in [0.5, 0.6) is 23.0 Å². The Labute approximate surface area is 220 Å². The molecule has 7 rings (SSSR count). The van der Waals surface area contributed by atoms with Gasteiger partial charge in [0.2, 0.25) is 6.79 Å². The van der Waals surface area contributed by atoms with E-state index in [4.69, 9.17) is 14.2 Å². The van der Waals surface area contributed by atoms with E-state index in [0.717, 1.165) is 24.2 Å². The third-order valence-corrected chi connectivity index (χ3v) is 9.35. The average molecular weight is 521 g/mol. The molecular weight excluding hydrogens is 488 g/mol. The molecule has 2 bridgehead atoms. The van der Waals surface area contributed by atoms with Gasteiger partial charge in [-0.2, -0.15) is 0 Å². The highest BCUT2D eigenvalue weighted by molar-refractivity contribution is 6.04. The van der Waals surface area contributed by atoms with E-state index in [-0.39, 0.29) is 35.7 Å². The predicted molar refractivity (Wildman–Crippen MR) is 138 cm³/mol. The van der Waals surface area contributed by atoms with Gasteiger partial charge in [-0.25, -0.2) is 0 Å². The van der Waals surface area contributed by atoms with Gasteiger partial charge in [0, 0.05) is 29.9 Å². The Morgan fingerprint density at radius 2 is 1.97 bits per heavy atom. The summed E-state index contributed by atoms with van der Waals surface area (Å²) < 4.78 is 17.0. The second kappa shape index (κ2) is 8.04. The van der Waals surface area contributed by atoms with E-state index in [0.29, 0.717) is 35.9 Å². The van der Waals surface area contributed by atoms with Gasteiger partial charge in [-0.15, -0.1) is 0 Å². The molecule has 1 saturated carbocycles. The first-order valence-electron chi connectivity index (χ1n) is 13.3. The molecule has 2 fully saturated rings. The van der Waals surface area contributed by atoms with Crippen molar-refractivity contribution in [2.45, 2.75) is 62.7 Å². The molecule has 5 aliphatic rings. The van der Waals surface area contributed by atoms with Crippen LogP contribution < -0.4 is 19.5 Å². The first-order chi connectivity index (χ1) is 18.2. The molecule has 1 spiro atoms. The molecule has 38 heavy (non-hydrogen) atoms. The van der Waals surface area contributed by atoms with Crippen molar-refractivity contribution in [2.24, 2.45) is 5.92 Å². The maximum atomic E-state index is 13.3. The van der Waals surface area contributed by atoms with Crippen LogP contribution in [0.2, 0.25) is 0 Å². The van der Waals surface area contributed by atoms with E-state index in [1.807, 2.05) is 13.0 Å². The highest BCUT2D eigenvalue weighted by Gasteiger charge is 2.69. The van der Waals surface area contributed by atoms with Crippen molar-refractivity contribution in [1.29, 1.82) is 0 Å². The van der Waals surface area contributed by atoms with E-state index in [9.17, 15) is 20.1 Å². The first kappa shape index (κ1) is 23.7. The number of carbonyl (C=O) groups is 1. The lowest BCUT2D eigenvalue weighted by Gasteiger charge is -2.59. The molecule has 200 valence electrons. The van der Waals surface area contributed by atoms with Crippen LogP contribution in [0.1, 0.15) is 44.2 Å². The van der Waals surface area contributed by atoms with E-state index in [2.05, 4.69) is 10.2 Å². The summed E-state index contributed by atoms with van der Waals surface area (Å²) in [7, 11) is 0. The average Bonchev–Trinajstić information content (AvgIpc) is 3.45. The SMILES string of the molecule is C/C(C(=O)Nc1ccc2c(c1)OCO2)=C(/O)[C@@H]1Oc2c(O)ccc3c2[C@@]12CCN(CC1CC1)[C@H](C3)[C@@]2(C)O. The third-order valence-electron chi connectivity index (χ3n) is 9.35. The Balaban J connectivity index is 1.27. The number of benzene rings is 2. The van der Waals surface area contributed by atoms with Gasteiger partial charge in [-0.3, -0.25) is 9.69 Å². The zero-order valence-corrected chi connectivity index (χ0v) is 21.5. The number of rotatable bonds is 5. The number of carbonyl (C=O) groups excluding carboxylic acids is 1. The molecule has 9 heteroatoms. The number of nitrogens with zero attached hydrogens (tertiary/aromatic N) is 1. The van der Waals surface area contributed by atoms with Crippen LogP contribution >= 0.6 is 0 Å². The number of ether oxygens (including phenoxy) is 3. The fraction of sp³-hybridized carbons (Fsp3) is 0.483. The fourth-order valence-corrected chi connectivity index (χ4v) is 7.08. The van der Waals surface area contributed by atoms with Crippen molar-refractivity contribution >= 4 is 11.6 Å². The van der Waals surface area contributed by atoms with Crippen molar-refractivity contribution in [3.05, 3.63) is 52.8 Å². The molecular formula is C29H32N2O7. The van der Waals surface area contributed by atoms with E-state index in [1.54, 1.807) is 31.2 Å². The lowest BCUT2D eigenvalue weighted by molar-refractivity contribution is -0.153. The molecule has 1 saturated heterocycles. The van der Waals surface area contributed by atoms with Gasteiger partial charge in [-0.1, -0.05) is 6.07 Å². The summed E-state index contributed by atoms with van der Waals surface area (Å²) in [4.78, 5) is 15.6. The zero-order valence-electron chi connectivity index (χ0n) is 21.5. The summed E-state index contributed by atoms with van der Waals surface area (Å²) >= 11 is 0. The minimum absolute atomic E-state index is 0.0319. The van der Waals surface area contributed by atoms with Crippen molar-refractivity contribution in [3.8, 4) is 23.0 Å². The van der Waals surface area contributed by atoms with E-state index >= 15 is 0 Å². The third kappa shape index (κ3) is 3.21. The van der Waals surface area contributed by atoms with Crippen LogP contribution in [-0.4, -0.2) is 63.8 Å². The summed E-state index contributed by atoms with van der Waals surface area (Å²) in [5, 5.41) is 37.4. The monoisotopic (exact) mass is 520 g/mol. The number of hydrogen-bond donors (Lipinski definition) is 4. The number of amides is 1. The molecule has 1 amide bonds. The summed E-state index contributed by atoms with van der Waals surface area (Å²) in [6.45, 7) is 5.17. The normalized spacial score (nSPS) is 31.3. The van der Waals surface area contributed by atoms with Crippen molar-refractivity contribution < 1.29 is 34.3 Å². The fourth-order valence-electron chi connectivity index (χ4n) is 7.08. The van der Waals surface area contributed by atoms with Gasteiger partial charge in [0.05, 0.1) is 16.6 Å². The number of fused-ring (bicyclic) bond motifs is 2. The number of likely N-dealkylation sites (tertiary alicyclic amines) is 1. The van der Waals surface area contributed by atoms with E-state index in [1.165, 1.54) is 12.8 Å². The Bertz CT molecular complexity index is 1380. The smallest absolute Gasteiger partial charge is 0.254 e. The molecule has 2 aromatic carbocycles. The second-order valence-corrected chi connectivity index (χ2v) is 11.5. The van der Waals surface area contributed by atoms with Crippen LogP contribution in [0.25, 0.3) is 0 Å². The quantitative estimate of drug-likeness (QED) is 0.350. The van der Waals surface area contributed by atoms with Crippen molar-refractivity contribution in [3.63, 3.8) is 0 Å². The molecule has 9 nitrogen and oxygen atoms in total. The molecule has 0 radical (unpaired) electrons. The number of phenolic OH excluding ortho intramolecular Hbond substituents is 1. The maximum absolute atomic E-state index is 13.3. The molecule has 3 heterocycles. The number of aliphatic hydroxyl groups is 2. The molecule has 3 aliphatic heterocycles. The summed E-state index contributed by atoms with van der Waals surface area (Å²) in [6.07, 6.45) is 2.58. The second-order valence-electron chi connectivity index (χ2n) is 11.5. The summed E-state index contributed by atoms with van der Waals surface area (Å²) in [6, 6.07) is 8.43. The minimum atomic E-state index is -1.26. The van der Waals surface area contributed by atoms with Gasteiger partial charge in [0.25, 0.3) is 5.91 Å². The van der Waals surface area contributed by atoms with Crippen LogP contribution in [0, 0.1) is 5.92 Å². The van der Waals surface area contributed by atoms with Crippen LogP contribution in [-0.2, 0) is 16.6 Å². The Hall–Kier alpha value is -3.43. The van der Waals surface area contributed by atoms with Gasteiger partial charge in [-0.05, 0) is 75.8 Å². The van der Waals surface area contributed by atoms with E-state index < -0.39 is 23.0 Å². The highest BCUT2D eigenvalue weighted by atomic mass is 16.7. The van der Waals surface area contributed by atoms with Gasteiger partial charge in [0.1, 0.15) is 5.76 Å². The molecule has 0 unspecified atom stereocenters. The molecule has 2 aliphatic carbocycles. The number of piperidine rings is 1. The Kier molecular flexibility index (Phi) is 5.01. The Morgan fingerprint density at radius 3 is 2.76 bits per heavy atom. The number of aromatic hydroxyl groups is 1. The number of phenols is 1.